The number of aryl methyl sites for hydroxylation is 1. The standard InChI is InChI=1S/C25H24ClN3O5/c1-16-6-4-8-19(10-16)28-23(30)15-34-24-21(26)11-17(12-22(24)33-3)14-27-29-25(31)18-7-5-9-20(13-18)32-2/h4-14H,15H2,1-3H3,(H,28,30)(H,29,31)/b27-14+. The van der Waals surface area contributed by atoms with Gasteiger partial charge < -0.3 is 19.5 Å². The number of nitrogens with zero attached hydrogens (tertiary/aromatic N) is 1. The van der Waals surface area contributed by atoms with Gasteiger partial charge in [-0.2, -0.15) is 5.10 Å². The lowest BCUT2D eigenvalue weighted by atomic mass is 10.2. The molecule has 0 atom stereocenters. The zero-order valence-electron chi connectivity index (χ0n) is 18.9. The Labute approximate surface area is 202 Å². The van der Waals surface area contributed by atoms with Crippen molar-refractivity contribution >= 4 is 35.3 Å². The third-order valence-corrected chi connectivity index (χ3v) is 4.89. The summed E-state index contributed by atoms with van der Waals surface area (Å²) in [4.78, 5) is 24.5. The average molecular weight is 482 g/mol. The number of carbonyl (C=O) groups excluding carboxylic acids is 2. The number of rotatable bonds is 9. The van der Waals surface area contributed by atoms with E-state index >= 15 is 0 Å². The lowest BCUT2D eigenvalue weighted by Crippen LogP contribution is -2.20. The van der Waals surface area contributed by atoms with Gasteiger partial charge in [-0.05, 0) is 60.5 Å². The van der Waals surface area contributed by atoms with Crippen LogP contribution in [0, 0.1) is 6.92 Å². The molecule has 0 radical (unpaired) electrons. The summed E-state index contributed by atoms with van der Waals surface area (Å²) in [5, 5.41) is 6.95. The molecular weight excluding hydrogens is 458 g/mol. The number of benzene rings is 3. The summed E-state index contributed by atoms with van der Waals surface area (Å²) in [5.74, 6) is 0.372. The Morgan fingerprint density at radius 2 is 1.82 bits per heavy atom. The second-order valence-electron chi connectivity index (χ2n) is 7.17. The van der Waals surface area contributed by atoms with Crippen molar-refractivity contribution in [1.29, 1.82) is 0 Å². The highest BCUT2D eigenvalue weighted by Crippen LogP contribution is 2.36. The molecule has 3 aromatic rings. The van der Waals surface area contributed by atoms with E-state index in [9.17, 15) is 9.59 Å². The second kappa shape index (κ2) is 11.7. The molecule has 9 heteroatoms. The van der Waals surface area contributed by atoms with Crippen molar-refractivity contribution in [3.8, 4) is 17.2 Å². The number of methoxy groups -OCH3 is 2. The normalized spacial score (nSPS) is 10.6. The van der Waals surface area contributed by atoms with Crippen molar-refractivity contribution in [3.05, 3.63) is 82.4 Å². The molecule has 3 rings (SSSR count). The molecule has 8 nitrogen and oxygen atoms in total. The Morgan fingerprint density at radius 1 is 1.03 bits per heavy atom. The van der Waals surface area contributed by atoms with Gasteiger partial charge in [0.15, 0.2) is 18.1 Å². The molecule has 2 N–H and O–H groups in total. The minimum absolute atomic E-state index is 0.223. The van der Waals surface area contributed by atoms with Gasteiger partial charge in [0.2, 0.25) is 0 Å². The number of halogens is 1. The SMILES string of the molecule is COc1cccc(C(=O)N/N=C/c2cc(Cl)c(OCC(=O)Nc3cccc(C)c3)c(OC)c2)c1. The Bertz CT molecular complexity index is 1210. The van der Waals surface area contributed by atoms with Crippen molar-refractivity contribution in [1.82, 2.24) is 5.43 Å². The number of carbonyl (C=O) groups is 2. The van der Waals surface area contributed by atoms with Crippen molar-refractivity contribution < 1.29 is 23.8 Å². The summed E-state index contributed by atoms with van der Waals surface area (Å²) in [5.41, 5.74) is 5.11. The third-order valence-electron chi connectivity index (χ3n) is 4.61. The van der Waals surface area contributed by atoms with Gasteiger partial charge in [0.05, 0.1) is 25.5 Å². The van der Waals surface area contributed by atoms with Crippen LogP contribution in [0.4, 0.5) is 5.69 Å². The number of hydrogen-bond donors (Lipinski definition) is 2. The first kappa shape index (κ1) is 24.6. The molecule has 0 unspecified atom stereocenters. The molecule has 0 fully saturated rings. The van der Waals surface area contributed by atoms with Crippen molar-refractivity contribution in [2.24, 2.45) is 5.10 Å². The quantitative estimate of drug-likeness (QED) is 0.347. The summed E-state index contributed by atoms with van der Waals surface area (Å²) >= 11 is 6.35. The van der Waals surface area contributed by atoms with Crippen LogP contribution in [0.15, 0.2) is 65.8 Å². The first-order valence-electron chi connectivity index (χ1n) is 10.2. The Morgan fingerprint density at radius 3 is 2.56 bits per heavy atom. The van der Waals surface area contributed by atoms with Gasteiger partial charge in [0.25, 0.3) is 11.8 Å². The lowest BCUT2D eigenvalue weighted by molar-refractivity contribution is -0.118. The van der Waals surface area contributed by atoms with E-state index < -0.39 is 5.91 Å². The molecule has 0 aliphatic rings. The first-order valence-corrected chi connectivity index (χ1v) is 10.6. The molecule has 0 aliphatic carbocycles. The zero-order valence-corrected chi connectivity index (χ0v) is 19.7. The summed E-state index contributed by atoms with van der Waals surface area (Å²) in [7, 11) is 2.98. The highest BCUT2D eigenvalue weighted by Gasteiger charge is 2.14. The van der Waals surface area contributed by atoms with Crippen LogP contribution >= 0.6 is 11.6 Å². The van der Waals surface area contributed by atoms with Gasteiger partial charge in [-0.25, -0.2) is 5.43 Å². The number of hydrazone groups is 1. The van der Waals surface area contributed by atoms with Crippen LogP contribution in [-0.2, 0) is 4.79 Å². The van der Waals surface area contributed by atoms with Crippen LogP contribution in [0.1, 0.15) is 21.5 Å². The fourth-order valence-corrected chi connectivity index (χ4v) is 3.28. The molecule has 0 heterocycles. The van der Waals surface area contributed by atoms with E-state index in [1.807, 2.05) is 25.1 Å². The molecular formula is C25H24ClN3O5. The van der Waals surface area contributed by atoms with E-state index in [1.165, 1.54) is 20.4 Å². The fourth-order valence-electron chi connectivity index (χ4n) is 3.01. The maximum Gasteiger partial charge on any atom is 0.271 e. The molecule has 3 aromatic carbocycles. The van der Waals surface area contributed by atoms with Crippen LogP contribution in [-0.4, -0.2) is 38.9 Å². The topological polar surface area (TPSA) is 98.3 Å². The molecule has 176 valence electrons. The Balaban J connectivity index is 1.63. The van der Waals surface area contributed by atoms with Crippen LogP contribution in [0.2, 0.25) is 5.02 Å². The predicted molar refractivity (Wildman–Crippen MR) is 131 cm³/mol. The van der Waals surface area contributed by atoms with E-state index in [-0.39, 0.29) is 23.3 Å². The number of anilines is 1. The molecule has 0 aliphatic heterocycles. The fraction of sp³-hybridized carbons (Fsp3) is 0.160. The minimum atomic E-state index is -0.396. The van der Waals surface area contributed by atoms with E-state index in [0.29, 0.717) is 28.3 Å². The molecule has 34 heavy (non-hydrogen) atoms. The largest absolute Gasteiger partial charge is 0.497 e. The van der Waals surface area contributed by atoms with Crippen LogP contribution < -0.4 is 25.0 Å². The summed E-state index contributed by atoms with van der Waals surface area (Å²) in [6, 6.07) is 17.3. The monoisotopic (exact) mass is 481 g/mol. The number of amides is 2. The van der Waals surface area contributed by atoms with Crippen molar-refractivity contribution in [2.75, 3.05) is 26.1 Å². The minimum Gasteiger partial charge on any atom is -0.497 e. The van der Waals surface area contributed by atoms with Crippen molar-refractivity contribution in [2.45, 2.75) is 6.92 Å². The second-order valence-corrected chi connectivity index (χ2v) is 7.58. The summed E-state index contributed by atoms with van der Waals surface area (Å²) in [6.45, 7) is 1.68. The third kappa shape index (κ3) is 6.73. The zero-order chi connectivity index (χ0) is 24.5. The molecule has 0 spiro atoms. The van der Waals surface area contributed by atoms with E-state index in [0.717, 1.165) is 5.56 Å². The van der Waals surface area contributed by atoms with Gasteiger partial charge in [0.1, 0.15) is 5.75 Å². The molecule has 2 amide bonds. The van der Waals surface area contributed by atoms with Crippen LogP contribution in [0.5, 0.6) is 17.2 Å². The molecule has 0 saturated heterocycles. The highest BCUT2D eigenvalue weighted by molar-refractivity contribution is 6.32. The smallest absolute Gasteiger partial charge is 0.271 e. The Kier molecular flexibility index (Phi) is 8.48. The number of nitrogens with one attached hydrogen (secondary N) is 2. The van der Waals surface area contributed by atoms with Crippen molar-refractivity contribution in [3.63, 3.8) is 0 Å². The van der Waals surface area contributed by atoms with Gasteiger partial charge in [-0.15, -0.1) is 0 Å². The van der Waals surface area contributed by atoms with Crippen LogP contribution in [0.3, 0.4) is 0 Å². The first-order chi connectivity index (χ1) is 16.4. The summed E-state index contributed by atoms with van der Waals surface area (Å²) in [6.07, 6.45) is 1.42. The number of ether oxygens (including phenoxy) is 3. The summed E-state index contributed by atoms with van der Waals surface area (Å²) < 4.78 is 16.1. The molecule has 0 aromatic heterocycles. The molecule has 0 bridgehead atoms. The van der Waals surface area contributed by atoms with Gasteiger partial charge in [-0.1, -0.05) is 29.8 Å². The Hall–Kier alpha value is -4.04. The predicted octanol–water partition coefficient (Wildman–Crippen LogP) is 4.45. The average Bonchev–Trinajstić information content (AvgIpc) is 2.83. The lowest BCUT2D eigenvalue weighted by Gasteiger charge is -2.13. The van der Waals surface area contributed by atoms with Crippen LogP contribution in [0.25, 0.3) is 0 Å². The molecule has 0 saturated carbocycles. The maximum atomic E-state index is 12.3. The highest BCUT2D eigenvalue weighted by atomic mass is 35.5. The van der Waals surface area contributed by atoms with Gasteiger partial charge >= 0.3 is 0 Å². The van der Waals surface area contributed by atoms with Gasteiger partial charge in [-0.3, -0.25) is 9.59 Å². The number of hydrogen-bond acceptors (Lipinski definition) is 6. The van der Waals surface area contributed by atoms with Gasteiger partial charge in [0, 0.05) is 11.3 Å². The van der Waals surface area contributed by atoms with E-state index in [4.69, 9.17) is 25.8 Å². The maximum absolute atomic E-state index is 12.3. The van der Waals surface area contributed by atoms with E-state index in [2.05, 4.69) is 15.8 Å². The van der Waals surface area contributed by atoms with E-state index in [1.54, 1.807) is 42.5 Å².